The number of benzene rings is 2. The van der Waals surface area contributed by atoms with Crippen LogP contribution in [0.25, 0.3) is 26.5 Å². The summed E-state index contributed by atoms with van der Waals surface area (Å²) >= 11 is 1.76. The molecule has 0 atom stereocenters. The third-order valence-corrected chi connectivity index (χ3v) is 6.61. The van der Waals surface area contributed by atoms with Crippen LogP contribution in [0.1, 0.15) is 0 Å². The molecule has 0 bridgehead atoms. The molecule has 0 aliphatic carbocycles. The molecule has 0 saturated carbocycles. The summed E-state index contributed by atoms with van der Waals surface area (Å²) in [7, 11) is 0. The minimum absolute atomic E-state index is 0.813. The molecule has 0 radical (unpaired) electrons. The van der Waals surface area contributed by atoms with E-state index in [1.807, 2.05) is 71.6 Å². The van der Waals surface area contributed by atoms with Gasteiger partial charge >= 0.3 is 0 Å². The van der Waals surface area contributed by atoms with Crippen LogP contribution in [0.4, 0.5) is 17.3 Å². The van der Waals surface area contributed by atoms with Crippen molar-refractivity contribution in [1.82, 2.24) is 14.5 Å². The zero-order valence-electron chi connectivity index (χ0n) is 17.7. The van der Waals surface area contributed by atoms with Gasteiger partial charge in [0.25, 0.3) is 0 Å². The van der Waals surface area contributed by atoms with E-state index in [2.05, 4.69) is 59.5 Å². The molecule has 33 heavy (non-hydrogen) atoms. The molecule has 5 heteroatoms. The molecule has 4 nitrogen and oxygen atoms in total. The molecule has 6 rings (SSSR count). The maximum absolute atomic E-state index is 5.07. The monoisotopic (exact) mass is 444 g/mol. The van der Waals surface area contributed by atoms with E-state index in [0.717, 1.165) is 33.7 Å². The molecule has 6 aromatic rings. The van der Waals surface area contributed by atoms with Crippen LogP contribution in [0.3, 0.4) is 0 Å². The first kappa shape index (κ1) is 19.5. The fraction of sp³-hybridized carbons (Fsp3) is 0. The summed E-state index contributed by atoms with van der Waals surface area (Å²) in [5.41, 5.74) is 1.96. The molecule has 4 aromatic heterocycles. The quantitative estimate of drug-likeness (QED) is 0.274. The molecule has 0 amide bonds. The molecule has 2 aromatic carbocycles. The molecule has 158 valence electrons. The lowest BCUT2D eigenvalue weighted by Crippen LogP contribution is -2.14. The number of pyridine rings is 2. The van der Waals surface area contributed by atoms with Crippen molar-refractivity contribution in [2.24, 2.45) is 0 Å². The predicted molar refractivity (Wildman–Crippen MR) is 137 cm³/mol. The van der Waals surface area contributed by atoms with Crippen LogP contribution < -0.4 is 4.90 Å². The largest absolute Gasteiger partial charge is 0.309 e. The van der Waals surface area contributed by atoms with Gasteiger partial charge in [-0.25, -0.2) is 9.97 Å². The van der Waals surface area contributed by atoms with E-state index in [9.17, 15) is 0 Å². The molecule has 0 aliphatic heterocycles. The Morgan fingerprint density at radius 2 is 1.36 bits per heavy atom. The number of hydrogen-bond acceptors (Lipinski definition) is 4. The van der Waals surface area contributed by atoms with Gasteiger partial charge in [0.05, 0.1) is 10.6 Å². The number of nitrogens with zero attached hydrogens (tertiary/aromatic N) is 4. The Balaban J connectivity index is 1.48. The Morgan fingerprint density at radius 3 is 2.18 bits per heavy atom. The molecule has 0 aliphatic rings. The number of thiophene rings is 1. The van der Waals surface area contributed by atoms with E-state index in [-0.39, 0.29) is 0 Å². The summed E-state index contributed by atoms with van der Waals surface area (Å²) < 4.78 is 3.27. The van der Waals surface area contributed by atoms with E-state index in [4.69, 9.17) is 9.97 Å². The zero-order valence-corrected chi connectivity index (χ0v) is 18.6. The topological polar surface area (TPSA) is 34.0 Å². The minimum Gasteiger partial charge on any atom is -0.309 e. The first-order chi connectivity index (χ1) is 16.3. The van der Waals surface area contributed by atoms with Crippen LogP contribution in [0, 0.1) is 0 Å². The Morgan fingerprint density at radius 1 is 0.636 bits per heavy atom. The number of fused-ring (bicyclic) bond motifs is 1. The fourth-order valence-corrected chi connectivity index (χ4v) is 4.95. The molecule has 0 spiro atoms. The first-order valence-corrected chi connectivity index (χ1v) is 11.6. The van der Waals surface area contributed by atoms with Crippen LogP contribution in [-0.2, 0) is 0 Å². The van der Waals surface area contributed by atoms with Crippen LogP contribution in [0.2, 0.25) is 0 Å². The first-order valence-electron chi connectivity index (χ1n) is 10.8. The maximum Gasteiger partial charge on any atom is 0.141 e. The van der Waals surface area contributed by atoms with Gasteiger partial charge in [-0.05, 0) is 66.0 Å². The van der Waals surface area contributed by atoms with E-state index in [1.54, 1.807) is 11.3 Å². The predicted octanol–water partition coefficient (Wildman–Crippen LogP) is 7.62. The third-order valence-electron chi connectivity index (χ3n) is 5.47. The molecule has 4 heterocycles. The summed E-state index contributed by atoms with van der Waals surface area (Å²) in [5, 5.41) is 1.24. The van der Waals surface area contributed by atoms with Gasteiger partial charge in [0, 0.05) is 22.8 Å². The van der Waals surface area contributed by atoms with Crippen molar-refractivity contribution in [2.75, 3.05) is 4.90 Å². The van der Waals surface area contributed by atoms with Crippen molar-refractivity contribution in [3.05, 3.63) is 122 Å². The summed E-state index contributed by atoms with van der Waals surface area (Å²) in [6.07, 6.45) is 4.00. The standard InChI is InChI=1S/C28H20N4S/c1-2-11-22(12-3-1)32(28-17-9-15-26(30-28)31-18-6-7-19-31)27-16-8-13-23(29-27)25-20-21-10-4-5-14-24(21)33-25/h1-20H. The maximum atomic E-state index is 5.07. The highest BCUT2D eigenvalue weighted by Gasteiger charge is 2.17. The fourth-order valence-electron chi connectivity index (χ4n) is 3.92. The Labute approximate surface area is 196 Å². The van der Waals surface area contributed by atoms with Gasteiger partial charge in [0.2, 0.25) is 0 Å². The lowest BCUT2D eigenvalue weighted by atomic mass is 10.2. The van der Waals surface area contributed by atoms with Gasteiger partial charge in [0.1, 0.15) is 17.5 Å². The Kier molecular flexibility index (Phi) is 4.94. The summed E-state index contributed by atoms with van der Waals surface area (Å²) in [5.74, 6) is 2.50. The van der Waals surface area contributed by atoms with Crippen molar-refractivity contribution >= 4 is 38.7 Å². The molecule has 0 N–H and O–H groups in total. The van der Waals surface area contributed by atoms with Gasteiger partial charge in [-0.1, -0.05) is 48.5 Å². The second-order valence-electron chi connectivity index (χ2n) is 7.64. The Bertz CT molecular complexity index is 1490. The van der Waals surface area contributed by atoms with Crippen molar-refractivity contribution in [2.45, 2.75) is 0 Å². The van der Waals surface area contributed by atoms with Crippen molar-refractivity contribution in [1.29, 1.82) is 0 Å². The van der Waals surface area contributed by atoms with Crippen LogP contribution in [0.15, 0.2) is 122 Å². The summed E-state index contributed by atoms with van der Waals surface area (Å²) in [6.45, 7) is 0. The highest BCUT2D eigenvalue weighted by atomic mass is 32.1. The van der Waals surface area contributed by atoms with Crippen LogP contribution in [0.5, 0.6) is 0 Å². The highest BCUT2D eigenvalue weighted by molar-refractivity contribution is 7.22. The average molecular weight is 445 g/mol. The second kappa shape index (κ2) is 8.37. The third kappa shape index (κ3) is 3.79. The number of aromatic nitrogens is 3. The highest BCUT2D eigenvalue weighted by Crippen LogP contribution is 2.36. The van der Waals surface area contributed by atoms with Crippen LogP contribution >= 0.6 is 11.3 Å². The number of anilines is 3. The lowest BCUT2D eigenvalue weighted by Gasteiger charge is -2.24. The van der Waals surface area contributed by atoms with Crippen LogP contribution in [-0.4, -0.2) is 14.5 Å². The average Bonchev–Trinajstić information content (AvgIpc) is 3.56. The van der Waals surface area contributed by atoms with E-state index in [1.165, 1.54) is 10.1 Å². The number of rotatable bonds is 5. The molecule has 0 unspecified atom stereocenters. The number of hydrogen-bond donors (Lipinski definition) is 0. The van der Waals surface area contributed by atoms with E-state index >= 15 is 0 Å². The van der Waals surface area contributed by atoms with Crippen molar-refractivity contribution in [3.8, 4) is 16.4 Å². The normalized spacial score (nSPS) is 11.0. The van der Waals surface area contributed by atoms with Gasteiger partial charge in [-0.3, -0.25) is 4.90 Å². The summed E-state index contributed by atoms with van der Waals surface area (Å²) in [4.78, 5) is 13.3. The molecule has 0 fully saturated rings. The smallest absolute Gasteiger partial charge is 0.141 e. The van der Waals surface area contributed by atoms with Gasteiger partial charge in [-0.2, -0.15) is 0 Å². The lowest BCUT2D eigenvalue weighted by molar-refractivity contribution is 0.995. The number of para-hydroxylation sites is 1. The second-order valence-corrected chi connectivity index (χ2v) is 8.73. The zero-order chi connectivity index (χ0) is 22.0. The van der Waals surface area contributed by atoms with Gasteiger partial charge in [0.15, 0.2) is 0 Å². The molecule has 0 saturated heterocycles. The molecular formula is C28H20N4S. The van der Waals surface area contributed by atoms with Crippen molar-refractivity contribution in [3.63, 3.8) is 0 Å². The molecular weight excluding hydrogens is 424 g/mol. The summed E-state index contributed by atoms with van der Waals surface area (Å²) in [6, 6.07) is 37.1. The minimum atomic E-state index is 0.813. The van der Waals surface area contributed by atoms with Gasteiger partial charge in [-0.15, -0.1) is 11.3 Å². The van der Waals surface area contributed by atoms with E-state index < -0.39 is 0 Å². The van der Waals surface area contributed by atoms with Gasteiger partial charge < -0.3 is 4.57 Å². The van der Waals surface area contributed by atoms with Crippen molar-refractivity contribution < 1.29 is 0 Å². The Hall–Kier alpha value is -4.22. The SMILES string of the molecule is c1ccc(N(c2cccc(-c3cc4ccccc4s3)n2)c2cccc(-n3cccc3)n2)cc1. The van der Waals surface area contributed by atoms with E-state index in [0.29, 0.717) is 0 Å².